The van der Waals surface area contributed by atoms with Gasteiger partial charge in [0.25, 0.3) is 11.8 Å². The summed E-state index contributed by atoms with van der Waals surface area (Å²) in [4.78, 5) is 48.6. The zero-order chi connectivity index (χ0) is 16.2. The van der Waals surface area contributed by atoms with Crippen molar-refractivity contribution in [2.24, 2.45) is 0 Å². The molecule has 2 heterocycles. The number of rotatable bonds is 1. The number of hydrogen-bond acceptors (Lipinski definition) is 5. The molecule has 3 N–H and O–H groups in total. The number of carbonyl (C=O) groups excluding carboxylic acids is 4. The van der Waals surface area contributed by atoms with Crippen LogP contribution in [0.1, 0.15) is 36.3 Å². The maximum atomic E-state index is 12.5. The van der Waals surface area contributed by atoms with Crippen LogP contribution in [0.4, 0.5) is 5.69 Å². The Morgan fingerprint density at radius 2 is 2.00 bits per heavy atom. The minimum absolute atomic E-state index is 0.0106. The van der Waals surface area contributed by atoms with Crippen LogP contribution in [0.15, 0.2) is 18.2 Å². The van der Waals surface area contributed by atoms with E-state index in [0.29, 0.717) is 0 Å². The molecular weight excluding hydrogens is 262 g/mol. The van der Waals surface area contributed by atoms with Crippen LogP contribution in [-0.2, 0) is 9.59 Å². The van der Waals surface area contributed by atoms with Crippen LogP contribution in [0.3, 0.4) is 0 Å². The van der Waals surface area contributed by atoms with E-state index >= 15 is 0 Å². The second-order valence-corrected chi connectivity index (χ2v) is 4.54. The maximum Gasteiger partial charge on any atom is 0.264 e. The van der Waals surface area contributed by atoms with E-state index in [-0.39, 0.29) is 41.7 Å². The average Bonchev–Trinajstić information content (AvgIpc) is 2.69. The highest BCUT2D eigenvalue weighted by atomic mass is 16.2. The van der Waals surface area contributed by atoms with Gasteiger partial charge < -0.3 is 5.73 Å². The molecule has 0 aliphatic carbocycles. The van der Waals surface area contributed by atoms with Crippen molar-refractivity contribution in [3.05, 3.63) is 29.3 Å². The number of nitrogens with one attached hydrogen (secondary N) is 1. The molecule has 2 aliphatic heterocycles. The lowest BCUT2D eigenvalue weighted by atomic mass is 10.0. The standard InChI is InChI=1S/C13H11N3O4/c14-7-3-1-2-6-10(7)13(20)16(12(6)19)8-4-5-9(17)15-11(8)18/h1-3,8H,4-5,14H2,(H,15,17,18)/i2D,3D. The number of benzene rings is 1. The molecule has 0 aromatic heterocycles. The van der Waals surface area contributed by atoms with Crippen molar-refractivity contribution >= 4 is 29.3 Å². The maximum absolute atomic E-state index is 12.5. The van der Waals surface area contributed by atoms with Gasteiger partial charge in [-0.25, -0.2) is 0 Å². The predicted molar refractivity (Wildman–Crippen MR) is 67.5 cm³/mol. The van der Waals surface area contributed by atoms with Crippen molar-refractivity contribution in [1.29, 1.82) is 0 Å². The number of carbonyl (C=O) groups is 4. The molecule has 1 atom stereocenters. The van der Waals surface area contributed by atoms with Crippen molar-refractivity contribution in [2.45, 2.75) is 18.9 Å². The van der Waals surface area contributed by atoms with E-state index in [2.05, 4.69) is 5.32 Å². The first-order valence-corrected chi connectivity index (χ1v) is 5.94. The van der Waals surface area contributed by atoms with Gasteiger partial charge in [-0.05, 0) is 18.5 Å². The molecule has 0 saturated carbocycles. The molecule has 1 saturated heterocycles. The van der Waals surface area contributed by atoms with E-state index in [1.807, 2.05) is 0 Å². The zero-order valence-corrected chi connectivity index (χ0v) is 10.2. The molecule has 0 spiro atoms. The number of fused-ring (bicyclic) bond motifs is 1. The smallest absolute Gasteiger partial charge is 0.264 e. The van der Waals surface area contributed by atoms with Gasteiger partial charge in [0.1, 0.15) is 6.04 Å². The number of nitrogens with two attached hydrogens (primary N) is 1. The normalized spacial score (nSPS) is 23.4. The molecule has 4 amide bonds. The molecule has 3 rings (SSSR count). The lowest BCUT2D eigenvalue weighted by Gasteiger charge is -2.27. The molecule has 1 aromatic carbocycles. The lowest BCUT2D eigenvalue weighted by molar-refractivity contribution is -0.136. The van der Waals surface area contributed by atoms with Gasteiger partial charge in [-0.1, -0.05) is 6.07 Å². The third-order valence-corrected chi connectivity index (χ3v) is 3.35. The third-order valence-electron chi connectivity index (χ3n) is 3.35. The molecule has 7 nitrogen and oxygen atoms in total. The molecule has 1 aromatic rings. The molecular formula is C13H11N3O4. The van der Waals surface area contributed by atoms with Crippen molar-refractivity contribution in [1.82, 2.24) is 10.2 Å². The summed E-state index contributed by atoms with van der Waals surface area (Å²) in [6, 6.07) is -0.553. The summed E-state index contributed by atoms with van der Waals surface area (Å²) in [5.41, 5.74) is 5.06. The van der Waals surface area contributed by atoms with Gasteiger partial charge in [-0.15, -0.1) is 0 Å². The number of piperidine rings is 1. The number of imide groups is 2. The fourth-order valence-electron chi connectivity index (χ4n) is 2.40. The Balaban J connectivity index is 2.08. The van der Waals surface area contributed by atoms with E-state index < -0.39 is 29.7 Å². The van der Waals surface area contributed by atoms with Crippen molar-refractivity contribution in [3.8, 4) is 0 Å². The first-order valence-electron chi connectivity index (χ1n) is 6.94. The molecule has 0 radical (unpaired) electrons. The van der Waals surface area contributed by atoms with Gasteiger partial charge in [-0.3, -0.25) is 29.4 Å². The summed E-state index contributed by atoms with van der Waals surface area (Å²) in [5, 5.41) is 2.08. The second-order valence-electron chi connectivity index (χ2n) is 4.54. The first-order chi connectivity index (χ1) is 10.3. The van der Waals surface area contributed by atoms with Gasteiger partial charge in [0, 0.05) is 12.1 Å². The summed E-state index contributed by atoms with van der Waals surface area (Å²) in [7, 11) is 0. The van der Waals surface area contributed by atoms with Crippen molar-refractivity contribution < 1.29 is 21.9 Å². The molecule has 1 unspecified atom stereocenters. The quantitative estimate of drug-likeness (QED) is 0.538. The van der Waals surface area contributed by atoms with Gasteiger partial charge in [0.05, 0.1) is 13.9 Å². The summed E-state index contributed by atoms with van der Waals surface area (Å²) in [5.74, 6) is -2.81. The summed E-state index contributed by atoms with van der Waals surface area (Å²) < 4.78 is 15.4. The van der Waals surface area contributed by atoms with E-state index in [1.54, 1.807) is 0 Å². The monoisotopic (exact) mass is 275 g/mol. The predicted octanol–water partition coefficient (Wildman–Crippen LogP) is -0.330. The van der Waals surface area contributed by atoms with E-state index in [0.717, 1.165) is 11.0 Å². The number of nitrogen functional groups attached to an aromatic ring is 1. The van der Waals surface area contributed by atoms with Gasteiger partial charge >= 0.3 is 0 Å². The third kappa shape index (κ3) is 1.59. The Morgan fingerprint density at radius 3 is 2.70 bits per heavy atom. The second kappa shape index (κ2) is 4.16. The van der Waals surface area contributed by atoms with Gasteiger partial charge in [0.2, 0.25) is 11.8 Å². The largest absolute Gasteiger partial charge is 0.398 e. The van der Waals surface area contributed by atoms with Crippen LogP contribution in [0, 0.1) is 0 Å². The Kier molecular flexibility index (Phi) is 2.11. The Bertz CT molecular complexity index is 762. The molecule has 7 heteroatoms. The van der Waals surface area contributed by atoms with Gasteiger partial charge in [0.15, 0.2) is 0 Å². The van der Waals surface area contributed by atoms with Gasteiger partial charge in [-0.2, -0.15) is 0 Å². The Hall–Kier alpha value is -2.70. The number of hydrogen-bond donors (Lipinski definition) is 2. The van der Waals surface area contributed by atoms with Crippen LogP contribution in [0.2, 0.25) is 0 Å². The van der Waals surface area contributed by atoms with Crippen molar-refractivity contribution in [2.75, 3.05) is 5.73 Å². The minimum atomic E-state index is -1.11. The molecule has 1 fully saturated rings. The highest BCUT2D eigenvalue weighted by Crippen LogP contribution is 2.30. The van der Waals surface area contributed by atoms with E-state index in [1.165, 1.54) is 0 Å². The molecule has 20 heavy (non-hydrogen) atoms. The van der Waals surface area contributed by atoms with Crippen LogP contribution in [0.5, 0.6) is 0 Å². The number of amides is 4. The first kappa shape index (κ1) is 10.1. The number of anilines is 1. The van der Waals surface area contributed by atoms with E-state index in [4.69, 9.17) is 8.48 Å². The minimum Gasteiger partial charge on any atom is -0.398 e. The van der Waals surface area contributed by atoms with Crippen LogP contribution in [-0.4, -0.2) is 34.6 Å². The Morgan fingerprint density at radius 1 is 1.25 bits per heavy atom. The number of nitrogens with zero attached hydrogens (tertiary/aromatic N) is 1. The topological polar surface area (TPSA) is 110 Å². The van der Waals surface area contributed by atoms with Crippen LogP contribution in [0.25, 0.3) is 0 Å². The van der Waals surface area contributed by atoms with Crippen LogP contribution < -0.4 is 11.1 Å². The molecule has 102 valence electrons. The summed E-state index contributed by atoms with van der Waals surface area (Å²) in [6.07, 6.45) is 0.0355. The Labute approximate surface area is 116 Å². The zero-order valence-electron chi connectivity index (χ0n) is 12.2. The fourth-order valence-corrected chi connectivity index (χ4v) is 2.40. The highest BCUT2D eigenvalue weighted by molar-refractivity contribution is 6.25. The van der Waals surface area contributed by atoms with Crippen LogP contribution >= 0.6 is 0 Å². The highest BCUT2D eigenvalue weighted by Gasteiger charge is 2.45. The van der Waals surface area contributed by atoms with E-state index in [9.17, 15) is 19.2 Å². The fraction of sp³-hybridized carbons (Fsp3) is 0.231. The molecule has 0 bridgehead atoms. The molecule has 2 aliphatic rings. The summed E-state index contributed by atoms with van der Waals surface area (Å²) in [6.45, 7) is 0. The summed E-state index contributed by atoms with van der Waals surface area (Å²) >= 11 is 0. The average molecular weight is 275 g/mol. The SMILES string of the molecule is [2H]c1cc([2H])c2c(c1N)C(=O)N(C1CCC(=O)NC1=O)C2=O. The lowest BCUT2D eigenvalue weighted by Crippen LogP contribution is -2.54. The van der Waals surface area contributed by atoms with Crippen molar-refractivity contribution in [3.63, 3.8) is 0 Å².